The summed E-state index contributed by atoms with van der Waals surface area (Å²) >= 11 is 0. The molecule has 1 atom stereocenters. The Kier molecular flexibility index (Phi) is 3.50. The lowest BCUT2D eigenvalue weighted by molar-refractivity contribution is 0.0631. The Labute approximate surface area is 156 Å². The van der Waals surface area contributed by atoms with Crippen molar-refractivity contribution in [2.75, 3.05) is 13.1 Å². The van der Waals surface area contributed by atoms with Gasteiger partial charge in [0.2, 0.25) is 0 Å². The Morgan fingerprint density at radius 1 is 1.26 bits per heavy atom. The van der Waals surface area contributed by atoms with E-state index >= 15 is 0 Å². The Bertz CT molecular complexity index is 1110. The van der Waals surface area contributed by atoms with Crippen LogP contribution < -0.4 is 5.56 Å². The third kappa shape index (κ3) is 2.36. The molecule has 1 amide bonds. The molecule has 1 aliphatic heterocycles. The maximum absolute atomic E-state index is 13.3. The zero-order chi connectivity index (χ0) is 18.6. The minimum atomic E-state index is -0.230. The molecular formula is C21H22N4O2. The Morgan fingerprint density at radius 3 is 3.00 bits per heavy atom. The summed E-state index contributed by atoms with van der Waals surface area (Å²) in [6.45, 7) is 1.34. The van der Waals surface area contributed by atoms with Crippen LogP contribution >= 0.6 is 0 Å². The van der Waals surface area contributed by atoms with Gasteiger partial charge in [0.05, 0.1) is 11.7 Å². The summed E-state index contributed by atoms with van der Waals surface area (Å²) in [7, 11) is 1.73. The van der Waals surface area contributed by atoms with Crippen LogP contribution in [0.5, 0.6) is 0 Å². The molecule has 1 saturated heterocycles. The molecule has 27 heavy (non-hydrogen) atoms. The van der Waals surface area contributed by atoms with Gasteiger partial charge in [-0.05, 0) is 48.8 Å². The topological polar surface area (TPSA) is 71.0 Å². The van der Waals surface area contributed by atoms with E-state index in [1.807, 2.05) is 35.4 Å². The fourth-order valence-electron chi connectivity index (χ4n) is 4.92. The van der Waals surface area contributed by atoms with Crippen molar-refractivity contribution in [3.63, 3.8) is 0 Å². The molecule has 1 unspecified atom stereocenters. The molecule has 6 nitrogen and oxygen atoms in total. The van der Waals surface area contributed by atoms with E-state index in [-0.39, 0.29) is 22.4 Å². The summed E-state index contributed by atoms with van der Waals surface area (Å²) in [6, 6.07) is 9.42. The summed E-state index contributed by atoms with van der Waals surface area (Å²) in [6.07, 6.45) is 5.95. The zero-order valence-corrected chi connectivity index (χ0v) is 15.4. The third-order valence-electron chi connectivity index (χ3n) is 6.35. The largest absolute Gasteiger partial charge is 0.338 e. The molecule has 138 valence electrons. The SMILES string of the molecule is Cn1c(=O)c(C(=O)N2CCCC3(CCc4cn[nH]c43)C2)cc2ccccc21. The number of nitrogens with one attached hydrogen (secondary N) is 1. The number of H-pyrrole nitrogens is 1. The lowest BCUT2D eigenvalue weighted by Crippen LogP contribution is -2.49. The number of hydrogen-bond acceptors (Lipinski definition) is 3. The molecule has 1 aliphatic carbocycles. The first-order chi connectivity index (χ1) is 13.1. The van der Waals surface area contributed by atoms with Crippen LogP contribution in [-0.2, 0) is 18.9 Å². The number of likely N-dealkylation sites (tertiary alicyclic amines) is 1. The molecule has 1 aromatic carbocycles. The molecule has 0 saturated carbocycles. The number of nitrogens with zero attached hydrogens (tertiary/aromatic N) is 3. The van der Waals surface area contributed by atoms with Crippen molar-refractivity contribution < 1.29 is 4.79 Å². The molecule has 1 fully saturated rings. The molecule has 6 heteroatoms. The van der Waals surface area contributed by atoms with Crippen molar-refractivity contribution in [2.24, 2.45) is 7.05 Å². The van der Waals surface area contributed by atoms with Crippen molar-refractivity contribution >= 4 is 16.8 Å². The van der Waals surface area contributed by atoms with Crippen LogP contribution in [0.3, 0.4) is 0 Å². The van der Waals surface area contributed by atoms with Gasteiger partial charge in [0.25, 0.3) is 11.5 Å². The van der Waals surface area contributed by atoms with E-state index in [1.54, 1.807) is 17.7 Å². The third-order valence-corrected chi connectivity index (χ3v) is 6.35. The van der Waals surface area contributed by atoms with E-state index in [2.05, 4.69) is 10.2 Å². The lowest BCUT2D eigenvalue weighted by Gasteiger charge is -2.40. The van der Waals surface area contributed by atoms with E-state index in [9.17, 15) is 9.59 Å². The highest BCUT2D eigenvalue weighted by atomic mass is 16.2. The van der Waals surface area contributed by atoms with Gasteiger partial charge in [-0.2, -0.15) is 5.10 Å². The number of rotatable bonds is 1. The number of benzene rings is 1. The van der Waals surface area contributed by atoms with Gasteiger partial charge in [-0.15, -0.1) is 0 Å². The average molecular weight is 362 g/mol. The van der Waals surface area contributed by atoms with Crippen molar-refractivity contribution in [3.05, 3.63) is 63.7 Å². The highest BCUT2D eigenvalue weighted by Crippen LogP contribution is 2.44. The first-order valence-electron chi connectivity index (χ1n) is 9.50. The van der Waals surface area contributed by atoms with Gasteiger partial charge in [-0.3, -0.25) is 14.7 Å². The molecule has 3 aromatic rings. The van der Waals surface area contributed by atoms with Gasteiger partial charge in [0, 0.05) is 31.2 Å². The molecule has 2 aromatic heterocycles. The highest BCUT2D eigenvalue weighted by molar-refractivity contribution is 5.97. The fourth-order valence-corrected chi connectivity index (χ4v) is 4.92. The normalized spacial score (nSPS) is 21.7. The first kappa shape index (κ1) is 16.3. The number of aryl methyl sites for hydroxylation is 2. The van der Waals surface area contributed by atoms with E-state index in [0.29, 0.717) is 13.1 Å². The highest BCUT2D eigenvalue weighted by Gasteiger charge is 2.44. The van der Waals surface area contributed by atoms with Gasteiger partial charge < -0.3 is 9.47 Å². The molecule has 0 radical (unpaired) electrons. The molecule has 3 heterocycles. The number of aromatic amines is 1. The summed E-state index contributed by atoms with van der Waals surface area (Å²) in [5.41, 5.74) is 3.29. The molecule has 1 spiro atoms. The summed E-state index contributed by atoms with van der Waals surface area (Å²) in [5.74, 6) is -0.159. The second-order valence-electron chi connectivity index (χ2n) is 7.86. The van der Waals surface area contributed by atoms with E-state index in [1.165, 1.54) is 11.3 Å². The molecule has 2 aliphatic rings. The van der Waals surface area contributed by atoms with Gasteiger partial charge in [-0.25, -0.2) is 0 Å². The zero-order valence-electron chi connectivity index (χ0n) is 15.4. The van der Waals surface area contributed by atoms with E-state index in [4.69, 9.17) is 0 Å². The quantitative estimate of drug-likeness (QED) is 0.722. The van der Waals surface area contributed by atoms with Crippen molar-refractivity contribution in [1.82, 2.24) is 19.7 Å². The van der Waals surface area contributed by atoms with E-state index < -0.39 is 0 Å². The van der Waals surface area contributed by atoms with Crippen LogP contribution in [0.4, 0.5) is 0 Å². The summed E-state index contributed by atoms with van der Waals surface area (Å²) < 4.78 is 1.57. The monoisotopic (exact) mass is 362 g/mol. The minimum absolute atomic E-state index is 0.0399. The van der Waals surface area contributed by atoms with Crippen LogP contribution in [0.15, 0.2) is 41.3 Å². The summed E-state index contributed by atoms with van der Waals surface area (Å²) in [4.78, 5) is 28.0. The van der Waals surface area contributed by atoms with Crippen LogP contribution in [-0.4, -0.2) is 38.7 Å². The van der Waals surface area contributed by atoms with Crippen LogP contribution in [0.1, 0.15) is 40.9 Å². The summed E-state index contributed by atoms with van der Waals surface area (Å²) in [5, 5.41) is 8.28. The van der Waals surface area contributed by atoms with Crippen molar-refractivity contribution in [1.29, 1.82) is 0 Å². The predicted molar refractivity (Wildman–Crippen MR) is 103 cm³/mol. The fraction of sp³-hybridized carbons (Fsp3) is 0.381. The van der Waals surface area contributed by atoms with Crippen LogP contribution in [0.2, 0.25) is 0 Å². The number of aromatic nitrogens is 3. The number of carbonyl (C=O) groups excluding carboxylic acids is 1. The number of piperidine rings is 1. The van der Waals surface area contributed by atoms with Crippen LogP contribution in [0.25, 0.3) is 10.9 Å². The maximum atomic E-state index is 13.3. The van der Waals surface area contributed by atoms with Crippen molar-refractivity contribution in [3.8, 4) is 0 Å². The Hall–Kier alpha value is -2.89. The number of amides is 1. The van der Waals surface area contributed by atoms with E-state index in [0.717, 1.165) is 36.6 Å². The Balaban J connectivity index is 1.52. The standard InChI is InChI=1S/C21H22N4O2/c1-24-17-6-3-2-5-14(17)11-16(19(24)26)20(27)25-10-4-8-21(13-25)9-7-15-12-22-23-18(15)21/h2-3,5-6,11-12H,4,7-10,13H2,1H3,(H,22,23). The molecule has 1 N–H and O–H groups in total. The lowest BCUT2D eigenvalue weighted by atomic mass is 9.77. The second-order valence-corrected chi connectivity index (χ2v) is 7.86. The number of para-hydroxylation sites is 1. The second kappa shape index (κ2) is 5.81. The predicted octanol–water partition coefficient (Wildman–Crippen LogP) is 2.38. The number of pyridine rings is 1. The van der Waals surface area contributed by atoms with Gasteiger partial charge in [-0.1, -0.05) is 18.2 Å². The van der Waals surface area contributed by atoms with Gasteiger partial charge in [0.1, 0.15) is 5.56 Å². The minimum Gasteiger partial charge on any atom is -0.338 e. The number of fused-ring (bicyclic) bond motifs is 3. The molecule has 0 bridgehead atoms. The molecular weight excluding hydrogens is 340 g/mol. The van der Waals surface area contributed by atoms with Crippen LogP contribution in [0, 0.1) is 0 Å². The smallest absolute Gasteiger partial charge is 0.263 e. The number of carbonyl (C=O) groups is 1. The van der Waals surface area contributed by atoms with Gasteiger partial charge in [0.15, 0.2) is 0 Å². The Morgan fingerprint density at radius 2 is 2.11 bits per heavy atom. The number of hydrogen-bond donors (Lipinski definition) is 1. The van der Waals surface area contributed by atoms with Gasteiger partial charge >= 0.3 is 0 Å². The molecule has 5 rings (SSSR count). The first-order valence-corrected chi connectivity index (χ1v) is 9.50. The maximum Gasteiger partial charge on any atom is 0.263 e. The van der Waals surface area contributed by atoms with Crippen molar-refractivity contribution in [2.45, 2.75) is 31.1 Å². The average Bonchev–Trinajstić information content (AvgIpc) is 3.29.